The molecular weight excluding hydrogens is 391 g/mol. The molecule has 8 heteroatoms. The summed E-state index contributed by atoms with van der Waals surface area (Å²) in [6, 6.07) is 1.94. The van der Waals surface area contributed by atoms with Crippen molar-refractivity contribution in [3.05, 3.63) is 19.2 Å². The molecule has 0 aromatic carbocycles. The third-order valence-electron chi connectivity index (χ3n) is 1.54. The van der Waals surface area contributed by atoms with Gasteiger partial charge in [0.2, 0.25) is 0 Å². The molecule has 0 atom stereocenters. The molecule has 0 saturated heterocycles. The summed E-state index contributed by atoms with van der Waals surface area (Å²) in [5.74, 6) is 0.0389. The number of hydrogen-bond acceptors (Lipinski definition) is 3. The molecule has 92 valence electrons. The van der Waals surface area contributed by atoms with Crippen molar-refractivity contribution in [1.82, 2.24) is 5.32 Å². The van der Waals surface area contributed by atoms with E-state index in [4.69, 9.17) is 0 Å². The van der Waals surface area contributed by atoms with Crippen molar-refractivity contribution in [1.29, 1.82) is 0 Å². The molecule has 0 aliphatic rings. The van der Waals surface area contributed by atoms with Gasteiger partial charge >= 0.3 is 5.51 Å². The molecular formula is C8H8Br2F3NS2. The van der Waals surface area contributed by atoms with Crippen LogP contribution in [0, 0.1) is 0 Å². The lowest BCUT2D eigenvalue weighted by Crippen LogP contribution is -2.17. The molecule has 0 radical (unpaired) electrons. The topological polar surface area (TPSA) is 12.0 Å². The van der Waals surface area contributed by atoms with E-state index in [1.807, 2.05) is 6.07 Å². The SMILES string of the molecule is FC(F)(F)SCCNCc1cc(Br)c(Br)s1. The molecule has 0 aliphatic carbocycles. The Labute approximate surface area is 116 Å². The first-order chi connectivity index (χ1) is 7.38. The lowest BCUT2D eigenvalue weighted by molar-refractivity contribution is -0.0327. The van der Waals surface area contributed by atoms with Crippen LogP contribution in [0.25, 0.3) is 0 Å². The number of thiophene rings is 1. The fourth-order valence-electron chi connectivity index (χ4n) is 0.929. The van der Waals surface area contributed by atoms with E-state index < -0.39 is 5.51 Å². The molecule has 0 aliphatic heterocycles. The van der Waals surface area contributed by atoms with Crippen LogP contribution in [0.15, 0.2) is 14.3 Å². The minimum absolute atomic E-state index is 0.000549. The van der Waals surface area contributed by atoms with Gasteiger partial charge in [0, 0.05) is 28.2 Å². The van der Waals surface area contributed by atoms with E-state index in [0.29, 0.717) is 13.1 Å². The first-order valence-corrected chi connectivity index (χ1v) is 7.62. The molecule has 16 heavy (non-hydrogen) atoms. The molecule has 0 saturated carbocycles. The van der Waals surface area contributed by atoms with Crippen molar-refractivity contribution < 1.29 is 13.2 Å². The average Bonchev–Trinajstić information content (AvgIpc) is 2.44. The van der Waals surface area contributed by atoms with Crippen molar-refractivity contribution in [2.75, 3.05) is 12.3 Å². The van der Waals surface area contributed by atoms with Crippen LogP contribution in [-0.4, -0.2) is 17.8 Å². The molecule has 1 nitrogen and oxygen atoms in total. The molecule has 0 fully saturated rings. The van der Waals surface area contributed by atoms with Crippen molar-refractivity contribution in [2.45, 2.75) is 12.1 Å². The Hall–Kier alpha value is 0.760. The zero-order valence-electron chi connectivity index (χ0n) is 7.90. The molecule has 0 bridgehead atoms. The summed E-state index contributed by atoms with van der Waals surface area (Å²) in [6.45, 7) is 0.935. The molecule has 0 unspecified atom stereocenters. The predicted octanol–water partition coefficient (Wildman–Crippen LogP) is 4.62. The fraction of sp³-hybridized carbons (Fsp3) is 0.500. The summed E-state index contributed by atoms with van der Waals surface area (Å²) >= 11 is 8.26. The summed E-state index contributed by atoms with van der Waals surface area (Å²) in [4.78, 5) is 1.08. The smallest absolute Gasteiger partial charge is 0.311 e. The number of nitrogens with one attached hydrogen (secondary N) is 1. The van der Waals surface area contributed by atoms with Gasteiger partial charge in [-0.1, -0.05) is 0 Å². The van der Waals surface area contributed by atoms with Crippen molar-refractivity contribution in [3.63, 3.8) is 0 Å². The predicted molar refractivity (Wildman–Crippen MR) is 69.9 cm³/mol. The third-order valence-corrected chi connectivity index (χ3v) is 5.53. The lowest BCUT2D eigenvalue weighted by Gasteiger charge is -2.05. The number of hydrogen-bond donors (Lipinski definition) is 1. The minimum Gasteiger partial charge on any atom is -0.311 e. The maximum Gasteiger partial charge on any atom is 0.441 e. The standard InChI is InChI=1S/C8H8Br2F3NS2/c9-6-3-5(16-7(6)10)4-14-1-2-15-8(11,12)13/h3,14H,1-2,4H2. The van der Waals surface area contributed by atoms with Gasteiger partial charge in [-0.3, -0.25) is 0 Å². The van der Waals surface area contributed by atoms with Crippen LogP contribution in [0.5, 0.6) is 0 Å². The van der Waals surface area contributed by atoms with Crippen LogP contribution < -0.4 is 5.32 Å². The van der Waals surface area contributed by atoms with Crippen molar-refractivity contribution in [3.8, 4) is 0 Å². The van der Waals surface area contributed by atoms with Crippen LogP contribution in [0.1, 0.15) is 4.88 Å². The number of rotatable bonds is 5. The Morgan fingerprint density at radius 1 is 1.38 bits per heavy atom. The third kappa shape index (κ3) is 5.90. The van der Waals surface area contributed by atoms with Crippen LogP contribution >= 0.6 is 55.0 Å². The van der Waals surface area contributed by atoms with E-state index in [9.17, 15) is 13.2 Å². The molecule has 1 aromatic heterocycles. The highest BCUT2D eigenvalue weighted by Crippen LogP contribution is 2.32. The summed E-state index contributed by atoms with van der Waals surface area (Å²) in [7, 11) is 0. The van der Waals surface area contributed by atoms with Crippen LogP contribution in [-0.2, 0) is 6.54 Å². The van der Waals surface area contributed by atoms with Gasteiger partial charge in [0.05, 0.1) is 3.79 Å². The van der Waals surface area contributed by atoms with Gasteiger partial charge in [0.25, 0.3) is 0 Å². The van der Waals surface area contributed by atoms with Gasteiger partial charge in [-0.25, -0.2) is 0 Å². The van der Waals surface area contributed by atoms with E-state index in [-0.39, 0.29) is 17.5 Å². The zero-order chi connectivity index (χ0) is 12.2. The van der Waals surface area contributed by atoms with E-state index in [1.165, 1.54) is 0 Å². The number of thioether (sulfide) groups is 1. The maximum atomic E-state index is 11.8. The summed E-state index contributed by atoms with van der Waals surface area (Å²) in [6.07, 6.45) is 0. The van der Waals surface area contributed by atoms with E-state index in [2.05, 4.69) is 37.2 Å². The van der Waals surface area contributed by atoms with Gasteiger partial charge in [-0.15, -0.1) is 11.3 Å². The molecule has 1 rings (SSSR count). The van der Waals surface area contributed by atoms with Crippen molar-refractivity contribution >= 4 is 55.0 Å². The zero-order valence-corrected chi connectivity index (χ0v) is 12.7. The summed E-state index contributed by atoms with van der Waals surface area (Å²) < 4.78 is 37.3. The Kier molecular flexibility index (Phi) is 6.14. The molecule has 0 amide bonds. The second-order valence-corrected chi connectivity index (χ2v) is 7.27. The average molecular weight is 399 g/mol. The van der Waals surface area contributed by atoms with Crippen molar-refractivity contribution in [2.24, 2.45) is 0 Å². The Morgan fingerprint density at radius 3 is 2.56 bits per heavy atom. The molecule has 0 spiro atoms. The number of alkyl halides is 3. The second kappa shape index (κ2) is 6.63. The van der Waals surface area contributed by atoms with E-state index in [0.717, 1.165) is 13.1 Å². The Bertz CT molecular complexity index is 321. The summed E-state index contributed by atoms with van der Waals surface area (Å²) in [5, 5.41) is 2.96. The van der Waals surface area contributed by atoms with E-state index >= 15 is 0 Å². The Balaban J connectivity index is 2.16. The first-order valence-electron chi connectivity index (χ1n) is 4.23. The quantitative estimate of drug-likeness (QED) is 0.726. The largest absolute Gasteiger partial charge is 0.441 e. The van der Waals surface area contributed by atoms with Gasteiger partial charge in [-0.2, -0.15) is 13.2 Å². The monoisotopic (exact) mass is 397 g/mol. The van der Waals surface area contributed by atoms with Crippen LogP contribution in [0.2, 0.25) is 0 Å². The van der Waals surface area contributed by atoms with Gasteiger partial charge in [0.15, 0.2) is 0 Å². The van der Waals surface area contributed by atoms with Crippen LogP contribution in [0.3, 0.4) is 0 Å². The summed E-state index contributed by atoms with van der Waals surface area (Å²) in [5.41, 5.74) is -4.13. The normalized spacial score (nSPS) is 12.1. The first kappa shape index (κ1) is 14.8. The van der Waals surface area contributed by atoms with Crippen LogP contribution in [0.4, 0.5) is 13.2 Å². The van der Waals surface area contributed by atoms with Gasteiger partial charge < -0.3 is 5.32 Å². The number of halogens is 5. The highest BCUT2D eigenvalue weighted by Gasteiger charge is 2.27. The highest BCUT2D eigenvalue weighted by atomic mass is 79.9. The van der Waals surface area contributed by atoms with Gasteiger partial charge in [0.1, 0.15) is 0 Å². The molecule has 1 heterocycles. The second-order valence-electron chi connectivity index (χ2n) is 2.81. The molecule has 1 N–H and O–H groups in total. The molecule has 1 aromatic rings. The Morgan fingerprint density at radius 2 is 2.06 bits per heavy atom. The van der Waals surface area contributed by atoms with E-state index in [1.54, 1.807) is 11.3 Å². The maximum absolute atomic E-state index is 11.8. The highest BCUT2D eigenvalue weighted by molar-refractivity contribution is 9.13. The lowest BCUT2D eigenvalue weighted by atomic mass is 10.4. The fourth-order valence-corrected chi connectivity index (χ4v) is 3.55. The van der Waals surface area contributed by atoms with Gasteiger partial charge in [-0.05, 0) is 49.7 Å². The minimum atomic E-state index is -4.13.